The maximum Gasteiger partial charge on any atom is 0.259 e. The van der Waals surface area contributed by atoms with E-state index < -0.39 is 17.5 Å². The molecule has 4 nitrogen and oxygen atoms in total. The second-order valence-electron chi connectivity index (χ2n) is 5.60. The lowest BCUT2D eigenvalue weighted by Gasteiger charge is -2.14. The molecule has 0 atom stereocenters. The van der Waals surface area contributed by atoms with Gasteiger partial charge in [-0.15, -0.1) is 11.3 Å². The topological polar surface area (TPSA) is 68.0 Å². The Balaban J connectivity index is 2.22. The summed E-state index contributed by atoms with van der Waals surface area (Å²) in [6.07, 6.45) is 0. The fraction of sp³-hybridized carbons (Fsp3) is 0.286. The highest BCUT2D eigenvalue weighted by Gasteiger charge is 2.19. The average Bonchev–Trinajstić information content (AvgIpc) is 2.82. The molecular formula is C14H15F2N3OS. The number of nitrogens with zero attached hydrogens (tertiary/aromatic N) is 1. The number of amides is 1. The fourth-order valence-electron chi connectivity index (χ4n) is 1.60. The van der Waals surface area contributed by atoms with Crippen molar-refractivity contribution in [3.8, 4) is 0 Å². The van der Waals surface area contributed by atoms with E-state index in [-0.39, 0.29) is 16.7 Å². The number of nitrogens with one attached hydrogen (secondary N) is 1. The van der Waals surface area contributed by atoms with E-state index in [1.807, 2.05) is 26.2 Å². The Morgan fingerprint density at radius 2 is 1.90 bits per heavy atom. The molecule has 0 saturated heterocycles. The van der Waals surface area contributed by atoms with Gasteiger partial charge < -0.3 is 5.73 Å². The van der Waals surface area contributed by atoms with Crippen LogP contribution in [-0.4, -0.2) is 10.9 Å². The van der Waals surface area contributed by atoms with Gasteiger partial charge in [-0.25, -0.2) is 13.8 Å². The fourth-order valence-corrected chi connectivity index (χ4v) is 2.53. The third-order valence-corrected chi connectivity index (χ3v) is 3.59. The molecular weight excluding hydrogens is 296 g/mol. The minimum atomic E-state index is -1.12. The molecule has 0 radical (unpaired) electrons. The second-order valence-corrected chi connectivity index (χ2v) is 6.45. The number of carbonyl (C=O) groups excluding carboxylic acids is 1. The quantitative estimate of drug-likeness (QED) is 0.833. The van der Waals surface area contributed by atoms with Crippen LogP contribution in [-0.2, 0) is 5.41 Å². The lowest BCUT2D eigenvalue weighted by Crippen LogP contribution is -2.16. The molecule has 0 unspecified atom stereocenters. The van der Waals surface area contributed by atoms with Crippen molar-refractivity contribution in [3.63, 3.8) is 0 Å². The van der Waals surface area contributed by atoms with Crippen LogP contribution in [0.3, 0.4) is 0 Å². The number of nitrogen functional groups attached to an aromatic ring is 1. The number of benzene rings is 1. The van der Waals surface area contributed by atoms with E-state index >= 15 is 0 Å². The zero-order valence-corrected chi connectivity index (χ0v) is 12.6. The van der Waals surface area contributed by atoms with E-state index in [1.54, 1.807) is 0 Å². The molecule has 2 aromatic rings. The number of halogens is 2. The molecule has 1 heterocycles. The summed E-state index contributed by atoms with van der Waals surface area (Å²) in [4.78, 5) is 16.3. The molecule has 0 bridgehead atoms. The van der Waals surface area contributed by atoms with Gasteiger partial charge in [-0.3, -0.25) is 10.1 Å². The van der Waals surface area contributed by atoms with E-state index in [0.717, 1.165) is 17.8 Å². The van der Waals surface area contributed by atoms with Crippen LogP contribution in [0.5, 0.6) is 0 Å². The van der Waals surface area contributed by atoms with Crippen molar-refractivity contribution in [2.75, 3.05) is 11.1 Å². The number of hydrogen-bond donors (Lipinski definition) is 2. The minimum absolute atomic E-state index is 0.124. The lowest BCUT2D eigenvalue weighted by molar-refractivity contribution is 0.102. The third kappa shape index (κ3) is 3.36. The van der Waals surface area contributed by atoms with Gasteiger partial charge in [0, 0.05) is 22.5 Å². The van der Waals surface area contributed by atoms with Gasteiger partial charge in [0.25, 0.3) is 5.91 Å². The van der Waals surface area contributed by atoms with Gasteiger partial charge in [0.1, 0.15) is 0 Å². The van der Waals surface area contributed by atoms with Crippen LogP contribution in [0.25, 0.3) is 0 Å². The normalized spacial score (nSPS) is 11.5. The second kappa shape index (κ2) is 5.40. The first-order valence-electron chi connectivity index (χ1n) is 6.20. The Morgan fingerprint density at radius 1 is 1.29 bits per heavy atom. The molecule has 7 heteroatoms. The molecule has 112 valence electrons. The molecule has 0 aliphatic rings. The molecule has 3 N–H and O–H groups in total. The largest absolute Gasteiger partial charge is 0.398 e. The van der Waals surface area contributed by atoms with Gasteiger partial charge >= 0.3 is 0 Å². The maximum absolute atomic E-state index is 13.2. The van der Waals surface area contributed by atoms with E-state index in [0.29, 0.717) is 5.13 Å². The Hall–Kier alpha value is -2.02. The molecule has 21 heavy (non-hydrogen) atoms. The van der Waals surface area contributed by atoms with Crippen LogP contribution < -0.4 is 11.1 Å². The first kappa shape index (κ1) is 15.4. The first-order valence-corrected chi connectivity index (χ1v) is 7.08. The number of carbonyl (C=O) groups is 1. The first-order chi connectivity index (χ1) is 9.68. The smallest absolute Gasteiger partial charge is 0.259 e. The van der Waals surface area contributed by atoms with E-state index in [1.165, 1.54) is 11.3 Å². The van der Waals surface area contributed by atoms with Crippen LogP contribution in [0.1, 0.15) is 36.8 Å². The Bertz CT molecular complexity index is 692. The van der Waals surface area contributed by atoms with Crippen LogP contribution in [0.2, 0.25) is 0 Å². The highest BCUT2D eigenvalue weighted by Crippen LogP contribution is 2.27. The van der Waals surface area contributed by atoms with Crippen LogP contribution in [0.4, 0.5) is 19.6 Å². The Labute approximate surface area is 125 Å². The van der Waals surface area contributed by atoms with Gasteiger partial charge in [0.05, 0.1) is 11.3 Å². The highest BCUT2D eigenvalue weighted by atomic mass is 32.1. The summed E-state index contributed by atoms with van der Waals surface area (Å²) in [5, 5.41) is 4.76. The minimum Gasteiger partial charge on any atom is -0.398 e. The van der Waals surface area contributed by atoms with Crippen molar-refractivity contribution in [2.45, 2.75) is 26.2 Å². The number of thiazole rings is 1. The van der Waals surface area contributed by atoms with Crippen molar-refractivity contribution in [3.05, 3.63) is 40.4 Å². The van der Waals surface area contributed by atoms with Gasteiger partial charge in [0.15, 0.2) is 16.8 Å². The van der Waals surface area contributed by atoms with Gasteiger partial charge in [0.2, 0.25) is 0 Å². The summed E-state index contributed by atoms with van der Waals surface area (Å²) in [7, 11) is 0. The zero-order chi connectivity index (χ0) is 15.8. The number of rotatable bonds is 2. The molecule has 0 aliphatic carbocycles. The molecule has 1 aromatic carbocycles. The van der Waals surface area contributed by atoms with Crippen LogP contribution in [0.15, 0.2) is 17.5 Å². The predicted molar refractivity (Wildman–Crippen MR) is 79.5 cm³/mol. The summed E-state index contributed by atoms with van der Waals surface area (Å²) in [5.74, 6) is -2.83. The van der Waals surface area contributed by atoms with E-state index in [4.69, 9.17) is 5.73 Å². The van der Waals surface area contributed by atoms with Gasteiger partial charge in [-0.05, 0) is 6.07 Å². The summed E-state index contributed by atoms with van der Waals surface area (Å²) < 4.78 is 26.2. The summed E-state index contributed by atoms with van der Waals surface area (Å²) in [6.45, 7) is 6.00. The Kier molecular flexibility index (Phi) is 3.95. The summed E-state index contributed by atoms with van der Waals surface area (Å²) in [5.41, 5.74) is 5.98. The van der Waals surface area contributed by atoms with Crippen molar-refractivity contribution >= 4 is 28.1 Å². The van der Waals surface area contributed by atoms with Crippen molar-refractivity contribution in [1.82, 2.24) is 4.98 Å². The number of hydrogen-bond acceptors (Lipinski definition) is 4. The maximum atomic E-state index is 13.2. The lowest BCUT2D eigenvalue weighted by atomic mass is 9.93. The molecule has 0 spiro atoms. The Morgan fingerprint density at radius 3 is 2.48 bits per heavy atom. The van der Waals surface area contributed by atoms with E-state index in [9.17, 15) is 13.6 Å². The third-order valence-electron chi connectivity index (χ3n) is 2.83. The predicted octanol–water partition coefficient (Wildman–Crippen LogP) is 3.55. The van der Waals surface area contributed by atoms with Crippen LogP contribution in [0, 0.1) is 11.6 Å². The van der Waals surface area contributed by atoms with Crippen molar-refractivity contribution in [1.29, 1.82) is 0 Å². The summed E-state index contributed by atoms with van der Waals surface area (Å²) >= 11 is 1.26. The zero-order valence-electron chi connectivity index (χ0n) is 11.8. The highest BCUT2D eigenvalue weighted by molar-refractivity contribution is 7.14. The molecule has 1 amide bonds. The molecule has 0 aliphatic heterocycles. The number of aromatic nitrogens is 1. The monoisotopic (exact) mass is 311 g/mol. The summed E-state index contributed by atoms with van der Waals surface area (Å²) in [6, 6.07) is 1.56. The van der Waals surface area contributed by atoms with Crippen molar-refractivity contribution < 1.29 is 13.6 Å². The number of anilines is 2. The van der Waals surface area contributed by atoms with Gasteiger partial charge in [-0.2, -0.15) is 0 Å². The average molecular weight is 311 g/mol. The molecule has 2 rings (SSSR count). The number of nitrogens with two attached hydrogens (primary N) is 1. The molecule has 1 aromatic heterocycles. The van der Waals surface area contributed by atoms with Crippen LogP contribution >= 0.6 is 11.3 Å². The molecule has 0 fully saturated rings. The van der Waals surface area contributed by atoms with Gasteiger partial charge in [-0.1, -0.05) is 20.8 Å². The standard InChI is InChI=1S/C14H15F2N3OS/c1-14(2,3)11-6-21-13(18-11)19-12(20)7-4-8(15)9(16)5-10(7)17/h4-6H,17H2,1-3H3,(H,18,19,20). The van der Waals surface area contributed by atoms with E-state index in [2.05, 4.69) is 10.3 Å². The van der Waals surface area contributed by atoms with Crippen molar-refractivity contribution in [2.24, 2.45) is 0 Å². The SMILES string of the molecule is CC(C)(C)c1csc(NC(=O)c2cc(F)c(F)cc2N)n1. The molecule has 0 saturated carbocycles.